The van der Waals surface area contributed by atoms with Crippen molar-refractivity contribution in [3.8, 4) is 0 Å². The SMILES string of the molecule is CCS(=O)CCn1c(CCCl)nc2ccccc21. The first-order valence-corrected chi connectivity index (χ1v) is 8.13. The van der Waals surface area contributed by atoms with E-state index in [0.29, 0.717) is 17.4 Å². The molecule has 0 N–H and O–H groups in total. The van der Waals surface area contributed by atoms with E-state index in [4.69, 9.17) is 11.6 Å². The molecule has 0 radical (unpaired) electrons. The maximum Gasteiger partial charge on any atom is 0.111 e. The summed E-state index contributed by atoms with van der Waals surface area (Å²) in [4.78, 5) is 4.59. The fourth-order valence-electron chi connectivity index (χ4n) is 1.99. The van der Waals surface area contributed by atoms with Gasteiger partial charge in [0.2, 0.25) is 0 Å². The van der Waals surface area contributed by atoms with Gasteiger partial charge in [0.25, 0.3) is 0 Å². The van der Waals surface area contributed by atoms with E-state index in [-0.39, 0.29) is 0 Å². The predicted molar refractivity (Wildman–Crippen MR) is 77.7 cm³/mol. The second-order valence-electron chi connectivity index (χ2n) is 4.04. The normalized spacial score (nSPS) is 13.0. The highest BCUT2D eigenvalue weighted by Gasteiger charge is 2.10. The zero-order chi connectivity index (χ0) is 13.0. The van der Waals surface area contributed by atoms with Gasteiger partial charge in [0, 0.05) is 41.2 Å². The van der Waals surface area contributed by atoms with Crippen LogP contribution in [0.3, 0.4) is 0 Å². The molecule has 0 aliphatic heterocycles. The first-order chi connectivity index (χ1) is 8.76. The van der Waals surface area contributed by atoms with Gasteiger partial charge in [0.15, 0.2) is 0 Å². The van der Waals surface area contributed by atoms with Crippen molar-refractivity contribution in [2.45, 2.75) is 19.9 Å². The van der Waals surface area contributed by atoms with Crippen molar-refractivity contribution < 1.29 is 4.21 Å². The van der Waals surface area contributed by atoms with Gasteiger partial charge in [0.1, 0.15) is 5.82 Å². The van der Waals surface area contributed by atoms with Crippen molar-refractivity contribution in [3.05, 3.63) is 30.1 Å². The molecular weight excluding hydrogens is 268 g/mol. The van der Waals surface area contributed by atoms with Gasteiger partial charge < -0.3 is 4.57 Å². The Morgan fingerprint density at radius 1 is 1.39 bits per heavy atom. The van der Waals surface area contributed by atoms with E-state index >= 15 is 0 Å². The molecule has 0 amide bonds. The highest BCUT2D eigenvalue weighted by atomic mass is 35.5. The Labute approximate surface area is 115 Å². The molecule has 0 bridgehead atoms. The van der Waals surface area contributed by atoms with Crippen molar-refractivity contribution in [3.63, 3.8) is 0 Å². The number of halogens is 1. The summed E-state index contributed by atoms with van der Waals surface area (Å²) in [5.41, 5.74) is 2.09. The van der Waals surface area contributed by atoms with Gasteiger partial charge in [-0.2, -0.15) is 0 Å². The topological polar surface area (TPSA) is 34.9 Å². The minimum Gasteiger partial charge on any atom is -0.327 e. The molecule has 5 heteroatoms. The van der Waals surface area contributed by atoms with Crippen LogP contribution in [-0.2, 0) is 23.8 Å². The van der Waals surface area contributed by atoms with Gasteiger partial charge in [-0.25, -0.2) is 4.98 Å². The average Bonchev–Trinajstić information content (AvgIpc) is 2.74. The number of imidazole rings is 1. The summed E-state index contributed by atoms with van der Waals surface area (Å²) in [6.07, 6.45) is 0.745. The van der Waals surface area contributed by atoms with Crippen LogP contribution in [0.25, 0.3) is 11.0 Å². The van der Waals surface area contributed by atoms with Crippen LogP contribution in [0.15, 0.2) is 24.3 Å². The van der Waals surface area contributed by atoms with Gasteiger partial charge in [-0.15, -0.1) is 11.6 Å². The van der Waals surface area contributed by atoms with Crippen molar-refractivity contribution in [2.24, 2.45) is 0 Å². The summed E-state index contributed by atoms with van der Waals surface area (Å²) in [6.45, 7) is 2.69. The Morgan fingerprint density at radius 2 is 2.17 bits per heavy atom. The fraction of sp³-hybridized carbons (Fsp3) is 0.462. The maximum absolute atomic E-state index is 11.6. The third kappa shape index (κ3) is 2.93. The number of fused-ring (bicyclic) bond motifs is 1. The highest BCUT2D eigenvalue weighted by molar-refractivity contribution is 7.84. The quantitative estimate of drug-likeness (QED) is 0.764. The van der Waals surface area contributed by atoms with E-state index in [2.05, 4.69) is 15.6 Å². The van der Waals surface area contributed by atoms with Crippen molar-refractivity contribution >= 4 is 33.4 Å². The van der Waals surface area contributed by atoms with E-state index < -0.39 is 10.8 Å². The van der Waals surface area contributed by atoms with Gasteiger partial charge >= 0.3 is 0 Å². The summed E-state index contributed by atoms with van der Waals surface area (Å²) >= 11 is 5.81. The standard InChI is InChI=1S/C13H17ClN2OS/c1-2-18(17)10-9-16-12-6-4-3-5-11(12)15-13(16)7-8-14/h3-6H,2,7-10H2,1H3. The number of aryl methyl sites for hydroxylation is 2. The summed E-state index contributed by atoms with van der Waals surface area (Å²) in [5, 5.41) is 0. The second kappa shape index (κ2) is 6.34. The summed E-state index contributed by atoms with van der Waals surface area (Å²) in [5.74, 6) is 2.92. The number of hydrogen-bond donors (Lipinski definition) is 0. The molecule has 2 rings (SSSR count). The lowest BCUT2D eigenvalue weighted by atomic mass is 10.3. The third-order valence-corrected chi connectivity index (χ3v) is 4.39. The van der Waals surface area contributed by atoms with E-state index in [1.54, 1.807) is 0 Å². The van der Waals surface area contributed by atoms with Crippen molar-refractivity contribution in [1.82, 2.24) is 9.55 Å². The smallest absolute Gasteiger partial charge is 0.111 e. The van der Waals surface area contributed by atoms with Crippen LogP contribution >= 0.6 is 11.6 Å². The molecule has 0 fully saturated rings. The Bertz CT molecular complexity index is 553. The molecule has 0 spiro atoms. The lowest BCUT2D eigenvalue weighted by Crippen LogP contribution is -2.12. The average molecular weight is 285 g/mol. The number of alkyl halides is 1. The molecule has 1 aromatic heterocycles. The second-order valence-corrected chi connectivity index (χ2v) is 6.28. The molecule has 2 aromatic rings. The van der Waals surface area contributed by atoms with Gasteiger partial charge in [-0.05, 0) is 12.1 Å². The lowest BCUT2D eigenvalue weighted by Gasteiger charge is -2.07. The molecule has 98 valence electrons. The Morgan fingerprint density at radius 3 is 2.89 bits per heavy atom. The molecular formula is C13H17ClN2OS. The zero-order valence-corrected chi connectivity index (χ0v) is 12.0. The number of nitrogens with zero attached hydrogens (tertiary/aromatic N) is 2. The van der Waals surface area contributed by atoms with Crippen LogP contribution in [0.2, 0.25) is 0 Å². The monoisotopic (exact) mass is 284 g/mol. The van der Waals surface area contributed by atoms with Gasteiger partial charge in [0.05, 0.1) is 11.0 Å². The zero-order valence-electron chi connectivity index (χ0n) is 10.4. The molecule has 0 aliphatic rings. The lowest BCUT2D eigenvalue weighted by molar-refractivity contribution is 0.671. The molecule has 1 aromatic carbocycles. The molecule has 0 saturated heterocycles. The first kappa shape index (κ1) is 13.6. The van der Waals surface area contributed by atoms with Crippen LogP contribution < -0.4 is 0 Å². The minimum atomic E-state index is -0.748. The summed E-state index contributed by atoms with van der Waals surface area (Å²) in [7, 11) is -0.748. The molecule has 1 unspecified atom stereocenters. The Balaban J connectivity index is 2.32. The Hall–Kier alpha value is -0.870. The first-order valence-electron chi connectivity index (χ1n) is 6.11. The molecule has 18 heavy (non-hydrogen) atoms. The van der Waals surface area contributed by atoms with Crippen molar-refractivity contribution in [2.75, 3.05) is 17.4 Å². The van der Waals surface area contributed by atoms with Gasteiger partial charge in [-0.3, -0.25) is 4.21 Å². The van der Waals surface area contributed by atoms with Crippen molar-refractivity contribution in [1.29, 1.82) is 0 Å². The fourth-order valence-corrected chi connectivity index (χ4v) is 2.83. The molecule has 1 atom stereocenters. The van der Waals surface area contributed by atoms with Crippen LogP contribution in [-0.4, -0.2) is 31.1 Å². The molecule has 1 heterocycles. The molecule has 0 aliphatic carbocycles. The molecule has 3 nitrogen and oxygen atoms in total. The van der Waals surface area contributed by atoms with E-state index in [9.17, 15) is 4.21 Å². The number of rotatable bonds is 6. The maximum atomic E-state index is 11.6. The van der Waals surface area contributed by atoms with Crippen LogP contribution in [0.1, 0.15) is 12.7 Å². The third-order valence-electron chi connectivity index (χ3n) is 2.92. The van der Waals surface area contributed by atoms with E-state index in [1.807, 2.05) is 25.1 Å². The number of hydrogen-bond acceptors (Lipinski definition) is 2. The Kier molecular flexibility index (Phi) is 4.78. The van der Waals surface area contributed by atoms with Gasteiger partial charge in [-0.1, -0.05) is 19.1 Å². The van der Waals surface area contributed by atoms with E-state index in [0.717, 1.165) is 29.8 Å². The summed E-state index contributed by atoms with van der Waals surface area (Å²) < 4.78 is 13.7. The molecule has 0 saturated carbocycles. The predicted octanol–water partition coefficient (Wildman–Crippen LogP) is 2.59. The number of benzene rings is 1. The van der Waals surface area contributed by atoms with Crippen LogP contribution in [0.5, 0.6) is 0 Å². The van der Waals surface area contributed by atoms with E-state index in [1.165, 1.54) is 0 Å². The number of para-hydroxylation sites is 2. The minimum absolute atomic E-state index is 0.556. The summed E-state index contributed by atoms with van der Waals surface area (Å²) in [6, 6.07) is 8.03. The van der Waals surface area contributed by atoms with Crippen LogP contribution in [0, 0.1) is 0 Å². The number of aromatic nitrogens is 2. The van der Waals surface area contributed by atoms with Crippen LogP contribution in [0.4, 0.5) is 0 Å². The largest absolute Gasteiger partial charge is 0.327 e. The highest BCUT2D eigenvalue weighted by Crippen LogP contribution is 2.16.